The Morgan fingerprint density at radius 3 is 2.50 bits per heavy atom. The standard InChI is InChI=1S/C24H20F3N5O2/c1-16-12-21(33)22(30-32(16)20-9-5-6-18(13-20)24(25,26)27)23(34)28-11-10-17-14-29-31(15-17)19-7-3-2-4-8-19/h2-9,12-15H,10-11H2,1H3,(H,28,34). The third-order valence-electron chi connectivity index (χ3n) is 5.10. The lowest BCUT2D eigenvalue weighted by atomic mass is 10.2. The van der Waals surface area contributed by atoms with E-state index in [1.54, 1.807) is 10.9 Å². The van der Waals surface area contributed by atoms with E-state index >= 15 is 0 Å². The molecule has 0 unspecified atom stereocenters. The molecule has 0 radical (unpaired) electrons. The monoisotopic (exact) mass is 467 g/mol. The van der Waals surface area contributed by atoms with Gasteiger partial charge in [0.1, 0.15) is 0 Å². The summed E-state index contributed by atoms with van der Waals surface area (Å²) in [5, 5.41) is 11.0. The smallest absolute Gasteiger partial charge is 0.350 e. The van der Waals surface area contributed by atoms with E-state index in [0.29, 0.717) is 12.1 Å². The number of carbonyl (C=O) groups is 1. The number of amides is 1. The number of aryl methyl sites for hydroxylation is 1. The van der Waals surface area contributed by atoms with Gasteiger partial charge in [0.2, 0.25) is 5.43 Å². The first-order valence-corrected chi connectivity index (χ1v) is 10.4. The number of hydrogen-bond acceptors (Lipinski definition) is 4. The largest absolute Gasteiger partial charge is 0.416 e. The highest BCUT2D eigenvalue weighted by Gasteiger charge is 2.30. The maximum absolute atomic E-state index is 13.1. The summed E-state index contributed by atoms with van der Waals surface area (Å²) in [7, 11) is 0. The molecule has 1 N–H and O–H groups in total. The highest BCUT2D eigenvalue weighted by atomic mass is 19.4. The molecule has 0 aliphatic rings. The number of rotatable bonds is 6. The van der Waals surface area contributed by atoms with Gasteiger partial charge in [0, 0.05) is 24.5 Å². The minimum absolute atomic E-state index is 0.0923. The van der Waals surface area contributed by atoms with Crippen LogP contribution >= 0.6 is 0 Å². The number of hydrogen-bond donors (Lipinski definition) is 1. The molecule has 4 rings (SSSR count). The lowest BCUT2D eigenvalue weighted by molar-refractivity contribution is -0.137. The van der Waals surface area contributed by atoms with Crippen LogP contribution in [0.25, 0.3) is 11.4 Å². The number of carbonyl (C=O) groups excluding carboxylic acids is 1. The predicted molar refractivity (Wildman–Crippen MR) is 119 cm³/mol. The van der Waals surface area contributed by atoms with Crippen LogP contribution in [0.4, 0.5) is 13.2 Å². The zero-order chi connectivity index (χ0) is 24.3. The van der Waals surface area contributed by atoms with Crippen molar-refractivity contribution in [2.75, 3.05) is 6.54 Å². The highest BCUT2D eigenvalue weighted by Crippen LogP contribution is 2.30. The Labute approximate surface area is 192 Å². The Morgan fingerprint density at radius 2 is 1.76 bits per heavy atom. The molecule has 4 aromatic rings. The van der Waals surface area contributed by atoms with Crippen molar-refractivity contribution >= 4 is 5.91 Å². The second-order valence-electron chi connectivity index (χ2n) is 7.59. The average Bonchev–Trinajstić information content (AvgIpc) is 3.28. The summed E-state index contributed by atoms with van der Waals surface area (Å²) >= 11 is 0. The quantitative estimate of drug-likeness (QED) is 0.469. The normalized spacial score (nSPS) is 11.4. The van der Waals surface area contributed by atoms with Gasteiger partial charge in [-0.3, -0.25) is 9.59 Å². The molecule has 0 bridgehead atoms. The number of halogens is 3. The van der Waals surface area contributed by atoms with Gasteiger partial charge in [-0.2, -0.15) is 23.4 Å². The van der Waals surface area contributed by atoms with Gasteiger partial charge < -0.3 is 5.32 Å². The van der Waals surface area contributed by atoms with Crippen LogP contribution in [-0.4, -0.2) is 32.0 Å². The third kappa shape index (κ3) is 5.06. The summed E-state index contributed by atoms with van der Waals surface area (Å²) in [4.78, 5) is 25.0. The summed E-state index contributed by atoms with van der Waals surface area (Å²) in [6, 6.07) is 15.2. The van der Waals surface area contributed by atoms with E-state index < -0.39 is 28.8 Å². The van der Waals surface area contributed by atoms with Gasteiger partial charge in [-0.15, -0.1) is 0 Å². The molecule has 0 spiro atoms. The van der Waals surface area contributed by atoms with Crippen LogP contribution in [0.15, 0.2) is 77.9 Å². The average molecular weight is 467 g/mol. The van der Waals surface area contributed by atoms with Gasteiger partial charge in [-0.1, -0.05) is 24.3 Å². The van der Waals surface area contributed by atoms with Gasteiger partial charge in [0.05, 0.1) is 23.1 Å². The van der Waals surface area contributed by atoms with E-state index in [4.69, 9.17) is 0 Å². The summed E-state index contributed by atoms with van der Waals surface area (Å²) in [5.41, 5.74) is 0.299. The van der Waals surface area contributed by atoms with Crippen molar-refractivity contribution in [3.8, 4) is 11.4 Å². The van der Waals surface area contributed by atoms with Crippen LogP contribution in [0, 0.1) is 6.92 Å². The highest BCUT2D eigenvalue weighted by molar-refractivity contribution is 5.92. The first-order chi connectivity index (χ1) is 16.2. The molecule has 0 saturated heterocycles. The van der Waals surface area contributed by atoms with Crippen LogP contribution in [0.1, 0.15) is 27.3 Å². The van der Waals surface area contributed by atoms with E-state index in [9.17, 15) is 22.8 Å². The minimum atomic E-state index is -4.53. The van der Waals surface area contributed by atoms with E-state index in [-0.39, 0.29) is 12.2 Å². The molecule has 0 saturated carbocycles. The van der Waals surface area contributed by atoms with Crippen molar-refractivity contribution in [2.24, 2.45) is 0 Å². The molecule has 2 aromatic carbocycles. The summed E-state index contributed by atoms with van der Waals surface area (Å²) in [6.07, 6.45) is -0.542. The third-order valence-corrected chi connectivity index (χ3v) is 5.10. The molecule has 1 amide bonds. The minimum Gasteiger partial charge on any atom is -0.350 e. The van der Waals surface area contributed by atoms with E-state index in [0.717, 1.165) is 28.1 Å². The van der Waals surface area contributed by atoms with Crippen molar-refractivity contribution in [3.63, 3.8) is 0 Å². The Morgan fingerprint density at radius 1 is 1.03 bits per heavy atom. The van der Waals surface area contributed by atoms with Gasteiger partial charge in [0.15, 0.2) is 5.69 Å². The Hall–Kier alpha value is -4.21. The second-order valence-corrected chi connectivity index (χ2v) is 7.59. The molecule has 2 aromatic heterocycles. The van der Waals surface area contributed by atoms with Gasteiger partial charge >= 0.3 is 6.18 Å². The zero-order valence-corrected chi connectivity index (χ0v) is 18.1. The number of para-hydroxylation sites is 1. The van der Waals surface area contributed by atoms with Crippen LogP contribution in [0.3, 0.4) is 0 Å². The van der Waals surface area contributed by atoms with E-state index in [1.165, 1.54) is 25.1 Å². The molecule has 2 heterocycles. The van der Waals surface area contributed by atoms with Crippen molar-refractivity contribution in [1.29, 1.82) is 0 Å². The fourth-order valence-electron chi connectivity index (χ4n) is 3.40. The fourth-order valence-corrected chi connectivity index (χ4v) is 3.40. The number of aromatic nitrogens is 4. The predicted octanol–water partition coefficient (Wildman–Crippen LogP) is 3.72. The van der Waals surface area contributed by atoms with Crippen molar-refractivity contribution < 1.29 is 18.0 Å². The maximum Gasteiger partial charge on any atom is 0.416 e. The summed E-state index contributed by atoms with van der Waals surface area (Å²) in [5.74, 6) is -0.707. The Kier molecular flexibility index (Phi) is 6.31. The SMILES string of the molecule is Cc1cc(=O)c(C(=O)NCCc2cnn(-c3ccccc3)c2)nn1-c1cccc(C(F)(F)F)c1. The Balaban J connectivity index is 1.48. The number of benzene rings is 2. The van der Waals surface area contributed by atoms with Crippen molar-refractivity contribution in [2.45, 2.75) is 19.5 Å². The summed E-state index contributed by atoms with van der Waals surface area (Å²) < 4.78 is 42.1. The van der Waals surface area contributed by atoms with Crippen LogP contribution in [0.2, 0.25) is 0 Å². The number of nitrogens with one attached hydrogen (secondary N) is 1. The fraction of sp³-hybridized carbons (Fsp3) is 0.167. The van der Waals surface area contributed by atoms with Crippen molar-refractivity contribution in [3.05, 3.63) is 106 Å². The molecule has 0 atom stereocenters. The van der Waals surface area contributed by atoms with Gasteiger partial charge in [-0.05, 0) is 49.2 Å². The lowest BCUT2D eigenvalue weighted by Gasteiger charge is -2.13. The van der Waals surface area contributed by atoms with Gasteiger partial charge in [0.25, 0.3) is 5.91 Å². The topological polar surface area (TPSA) is 81.8 Å². The van der Waals surface area contributed by atoms with Crippen molar-refractivity contribution in [1.82, 2.24) is 24.9 Å². The number of alkyl halides is 3. The van der Waals surface area contributed by atoms with Crippen LogP contribution < -0.4 is 10.7 Å². The second kappa shape index (κ2) is 9.34. The van der Waals surface area contributed by atoms with Crippen LogP contribution in [0.5, 0.6) is 0 Å². The Bertz CT molecular complexity index is 1380. The zero-order valence-electron chi connectivity index (χ0n) is 18.1. The molecule has 0 fully saturated rings. The molecule has 174 valence electrons. The number of nitrogens with zero attached hydrogens (tertiary/aromatic N) is 4. The van der Waals surface area contributed by atoms with Gasteiger partial charge in [-0.25, -0.2) is 9.36 Å². The van der Waals surface area contributed by atoms with E-state index in [1.807, 2.05) is 36.5 Å². The molecule has 10 heteroatoms. The molecule has 0 aliphatic carbocycles. The molecular formula is C24H20F3N5O2. The molecular weight excluding hydrogens is 447 g/mol. The molecule has 7 nitrogen and oxygen atoms in total. The maximum atomic E-state index is 13.1. The molecule has 0 aliphatic heterocycles. The first-order valence-electron chi connectivity index (χ1n) is 10.4. The summed E-state index contributed by atoms with van der Waals surface area (Å²) in [6.45, 7) is 1.75. The molecule has 34 heavy (non-hydrogen) atoms. The lowest BCUT2D eigenvalue weighted by Crippen LogP contribution is -2.33. The van der Waals surface area contributed by atoms with Crippen LogP contribution in [-0.2, 0) is 12.6 Å². The van der Waals surface area contributed by atoms with E-state index in [2.05, 4.69) is 15.5 Å². The first kappa shape index (κ1) is 23.0.